The number of carboxylic acids is 1. The van der Waals surface area contributed by atoms with Crippen molar-refractivity contribution in [2.75, 3.05) is 32.7 Å². The molecule has 0 atom stereocenters. The van der Waals surface area contributed by atoms with E-state index in [4.69, 9.17) is 5.11 Å². The first-order valence-electron chi connectivity index (χ1n) is 9.14. The molecular weight excluding hydrogens is 302 g/mol. The Morgan fingerprint density at radius 3 is 1.62 bits per heavy atom. The highest BCUT2D eigenvalue weighted by molar-refractivity contribution is 5.82. The Labute approximate surface area is 148 Å². The Bertz CT molecular complexity index is 385. The molecule has 0 spiro atoms. The van der Waals surface area contributed by atoms with Crippen LogP contribution in [0.3, 0.4) is 0 Å². The first-order valence-corrected chi connectivity index (χ1v) is 9.14. The fourth-order valence-corrected chi connectivity index (χ4v) is 2.66. The Hall–Kier alpha value is -1.23. The van der Waals surface area contributed by atoms with E-state index in [9.17, 15) is 4.79 Å². The molecule has 140 valence electrons. The SMILES string of the molecule is CC(CC(C)C)=NCCN(CCN=C(C)CC(C)C)CCC(=O)O. The summed E-state index contributed by atoms with van der Waals surface area (Å²) in [6.07, 6.45) is 2.21. The third-order valence-electron chi connectivity index (χ3n) is 3.65. The molecule has 0 aromatic rings. The molecule has 0 saturated heterocycles. The first kappa shape index (κ1) is 22.8. The van der Waals surface area contributed by atoms with Gasteiger partial charge in [-0.1, -0.05) is 27.7 Å². The molecule has 0 amide bonds. The maximum absolute atomic E-state index is 10.8. The molecule has 0 aromatic heterocycles. The largest absolute Gasteiger partial charge is 0.481 e. The van der Waals surface area contributed by atoms with Crippen LogP contribution >= 0.6 is 0 Å². The summed E-state index contributed by atoms with van der Waals surface area (Å²) in [5, 5.41) is 8.91. The van der Waals surface area contributed by atoms with Crippen LogP contribution in [0.25, 0.3) is 0 Å². The van der Waals surface area contributed by atoms with E-state index in [-0.39, 0.29) is 6.42 Å². The molecule has 0 aliphatic rings. The lowest BCUT2D eigenvalue weighted by Gasteiger charge is -2.20. The highest BCUT2D eigenvalue weighted by Crippen LogP contribution is 2.03. The quantitative estimate of drug-likeness (QED) is 0.519. The minimum atomic E-state index is -0.751. The summed E-state index contributed by atoms with van der Waals surface area (Å²) in [5.41, 5.74) is 2.35. The van der Waals surface area contributed by atoms with Crippen LogP contribution in [-0.2, 0) is 4.79 Å². The molecule has 0 heterocycles. The molecule has 0 aliphatic carbocycles. The molecule has 0 fully saturated rings. The van der Waals surface area contributed by atoms with E-state index in [0.717, 1.165) is 39.0 Å². The van der Waals surface area contributed by atoms with Crippen molar-refractivity contribution in [3.8, 4) is 0 Å². The molecule has 0 saturated carbocycles. The van der Waals surface area contributed by atoms with Crippen LogP contribution in [0.15, 0.2) is 9.98 Å². The van der Waals surface area contributed by atoms with Crippen LogP contribution in [-0.4, -0.2) is 60.1 Å². The third-order valence-corrected chi connectivity index (χ3v) is 3.65. The normalized spacial score (nSPS) is 13.4. The van der Waals surface area contributed by atoms with Crippen LogP contribution in [0.4, 0.5) is 0 Å². The van der Waals surface area contributed by atoms with E-state index in [1.54, 1.807) is 0 Å². The Morgan fingerprint density at radius 2 is 1.29 bits per heavy atom. The van der Waals surface area contributed by atoms with Gasteiger partial charge in [-0.15, -0.1) is 0 Å². The van der Waals surface area contributed by atoms with Gasteiger partial charge in [-0.3, -0.25) is 19.7 Å². The summed E-state index contributed by atoms with van der Waals surface area (Å²) in [5.74, 6) is 0.490. The summed E-state index contributed by atoms with van der Waals surface area (Å²) < 4.78 is 0. The topological polar surface area (TPSA) is 65.3 Å². The minimum Gasteiger partial charge on any atom is -0.481 e. The zero-order valence-corrected chi connectivity index (χ0v) is 16.5. The number of hydrogen-bond acceptors (Lipinski definition) is 4. The molecule has 0 aromatic carbocycles. The van der Waals surface area contributed by atoms with Gasteiger partial charge in [-0.2, -0.15) is 0 Å². The predicted octanol–water partition coefficient (Wildman–Crippen LogP) is 3.78. The summed E-state index contributed by atoms with van der Waals surface area (Å²) >= 11 is 0. The molecule has 5 heteroatoms. The monoisotopic (exact) mass is 339 g/mol. The van der Waals surface area contributed by atoms with Crippen molar-refractivity contribution in [2.24, 2.45) is 21.8 Å². The smallest absolute Gasteiger partial charge is 0.304 e. The summed E-state index contributed by atoms with van der Waals surface area (Å²) in [7, 11) is 0. The van der Waals surface area contributed by atoms with Gasteiger partial charge in [0.15, 0.2) is 0 Å². The molecule has 0 rings (SSSR count). The summed E-state index contributed by atoms with van der Waals surface area (Å²) in [6, 6.07) is 0. The van der Waals surface area contributed by atoms with E-state index in [0.29, 0.717) is 18.4 Å². The van der Waals surface area contributed by atoms with Crippen molar-refractivity contribution in [1.82, 2.24) is 4.90 Å². The number of hydrogen-bond donors (Lipinski definition) is 1. The number of nitrogens with zero attached hydrogens (tertiary/aromatic N) is 3. The average Bonchev–Trinajstić information content (AvgIpc) is 2.42. The highest BCUT2D eigenvalue weighted by Gasteiger charge is 2.07. The second kappa shape index (κ2) is 13.1. The van der Waals surface area contributed by atoms with Gasteiger partial charge < -0.3 is 5.11 Å². The Balaban J connectivity index is 4.39. The van der Waals surface area contributed by atoms with Gasteiger partial charge in [0.1, 0.15) is 0 Å². The van der Waals surface area contributed by atoms with Gasteiger partial charge in [0.05, 0.1) is 19.5 Å². The van der Waals surface area contributed by atoms with E-state index < -0.39 is 5.97 Å². The van der Waals surface area contributed by atoms with E-state index in [1.807, 2.05) is 0 Å². The summed E-state index contributed by atoms with van der Waals surface area (Å²) in [4.78, 5) is 22.2. The fraction of sp³-hybridized carbons (Fsp3) is 0.842. The molecular formula is C19H37N3O2. The lowest BCUT2D eigenvalue weighted by Crippen LogP contribution is -2.31. The molecule has 0 unspecified atom stereocenters. The number of rotatable bonds is 13. The Kier molecular flexibility index (Phi) is 12.4. The Morgan fingerprint density at radius 1 is 0.875 bits per heavy atom. The first-order chi connectivity index (χ1) is 11.2. The van der Waals surface area contributed by atoms with Crippen LogP contribution < -0.4 is 0 Å². The van der Waals surface area contributed by atoms with Gasteiger partial charge in [0, 0.05) is 31.1 Å². The van der Waals surface area contributed by atoms with Gasteiger partial charge in [0.25, 0.3) is 0 Å². The maximum atomic E-state index is 10.8. The van der Waals surface area contributed by atoms with Crippen molar-refractivity contribution in [3.05, 3.63) is 0 Å². The number of carbonyl (C=O) groups is 1. The molecule has 5 nitrogen and oxygen atoms in total. The standard InChI is InChI=1S/C19H37N3O2/c1-15(2)13-17(5)20-8-11-22(10-7-19(23)24)12-9-21-18(6)14-16(3)4/h15-16H,7-14H2,1-6H3,(H,23,24). The fourth-order valence-electron chi connectivity index (χ4n) is 2.66. The lowest BCUT2D eigenvalue weighted by atomic mass is 10.1. The second-order valence-electron chi connectivity index (χ2n) is 7.42. The van der Waals surface area contributed by atoms with Crippen LogP contribution in [0.5, 0.6) is 0 Å². The maximum Gasteiger partial charge on any atom is 0.304 e. The van der Waals surface area contributed by atoms with Crippen LogP contribution in [0.2, 0.25) is 0 Å². The summed E-state index contributed by atoms with van der Waals surface area (Å²) in [6.45, 7) is 16.5. The van der Waals surface area contributed by atoms with Crippen molar-refractivity contribution in [1.29, 1.82) is 0 Å². The lowest BCUT2D eigenvalue weighted by molar-refractivity contribution is -0.137. The van der Waals surface area contributed by atoms with Gasteiger partial charge in [-0.05, 0) is 38.5 Å². The van der Waals surface area contributed by atoms with Crippen molar-refractivity contribution < 1.29 is 9.90 Å². The van der Waals surface area contributed by atoms with Gasteiger partial charge in [0.2, 0.25) is 0 Å². The number of aliphatic imine (C=N–C) groups is 2. The van der Waals surface area contributed by atoms with Crippen LogP contribution in [0.1, 0.15) is 60.8 Å². The number of carboxylic acid groups (broad SMARTS) is 1. The molecule has 0 radical (unpaired) electrons. The van der Waals surface area contributed by atoms with E-state index >= 15 is 0 Å². The van der Waals surface area contributed by atoms with Crippen LogP contribution in [0, 0.1) is 11.8 Å². The zero-order chi connectivity index (χ0) is 18.5. The van der Waals surface area contributed by atoms with E-state index in [1.165, 1.54) is 11.4 Å². The third kappa shape index (κ3) is 14.4. The molecule has 0 aliphatic heterocycles. The zero-order valence-electron chi connectivity index (χ0n) is 16.5. The number of aliphatic carboxylic acids is 1. The van der Waals surface area contributed by atoms with Crippen molar-refractivity contribution >= 4 is 17.4 Å². The molecule has 1 N–H and O–H groups in total. The minimum absolute atomic E-state index is 0.170. The van der Waals surface area contributed by atoms with Crippen molar-refractivity contribution in [2.45, 2.75) is 60.8 Å². The van der Waals surface area contributed by atoms with Crippen molar-refractivity contribution in [3.63, 3.8) is 0 Å². The molecule has 24 heavy (non-hydrogen) atoms. The molecule has 0 bridgehead atoms. The van der Waals surface area contributed by atoms with Gasteiger partial charge >= 0.3 is 5.97 Å². The average molecular weight is 340 g/mol. The van der Waals surface area contributed by atoms with Gasteiger partial charge in [-0.25, -0.2) is 0 Å². The second-order valence-corrected chi connectivity index (χ2v) is 7.42. The van der Waals surface area contributed by atoms with E-state index in [2.05, 4.69) is 56.4 Å². The highest BCUT2D eigenvalue weighted by atomic mass is 16.4. The predicted molar refractivity (Wildman–Crippen MR) is 104 cm³/mol.